The van der Waals surface area contributed by atoms with Gasteiger partial charge in [-0.3, -0.25) is 15.0 Å². The number of furan rings is 1. The smallest absolute Gasteiger partial charge is 0.269 e. The van der Waals surface area contributed by atoms with E-state index in [1.54, 1.807) is 18.4 Å². The number of nitro benzene ring substituents is 1. The Morgan fingerprint density at radius 3 is 2.46 bits per heavy atom. The second-order valence-corrected chi connectivity index (χ2v) is 7.55. The van der Waals surface area contributed by atoms with Crippen LogP contribution in [0, 0.1) is 10.1 Å². The largest absolute Gasteiger partial charge is 0.468 e. The molecule has 1 N–H and O–H groups in total. The predicted octanol–water partition coefficient (Wildman–Crippen LogP) is 1.54. The van der Waals surface area contributed by atoms with Crippen LogP contribution in [0.5, 0.6) is 0 Å². The molecule has 140 valence electrons. The zero-order valence-corrected chi connectivity index (χ0v) is 14.7. The SMILES string of the molecule is O=[N+]([O-])c1ccc(S(=O)(=O)NCC(c2ccco2)N2CCOCC2)cc1. The maximum absolute atomic E-state index is 12.5. The Morgan fingerprint density at radius 1 is 1.19 bits per heavy atom. The Hall–Kier alpha value is -2.27. The van der Waals surface area contributed by atoms with E-state index in [0.29, 0.717) is 32.1 Å². The van der Waals surface area contributed by atoms with Gasteiger partial charge in [-0.1, -0.05) is 0 Å². The van der Waals surface area contributed by atoms with E-state index in [0.717, 1.165) is 0 Å². The van der Waals surface area contributed by atoms with Gasteiger partial charge in [-0.25, -0.2) is 13.1 Å². The van der Waals surface area contributed by atoms with Crippen molar-refractivity contribution in [1.29, 1.82) is 0 Å². The molecule has 0 spiro atoms. The number of nitro groups is 1. The second-order valence-electron chi connectivity index (χ2n) is 5.78. The fourth-order valence-corrected chi connectivity index (χ4v) is 3.84. The summed E-state index contributed by atoms with van der Waals surface area (Å²) < 4.78 is 38.4. The highest BCUT2D eigenvalue weighted by Crippen LogP contribution is 2.23. The molecule has 0 radical (unpaired) electrons. The molecule has 1 unspecified atom stereocenters. The summed E-state index contributed by atoms with van der Waals surface area (Å²) in [5.41, 5.74) is -0.161. The minimum atomic E-state index is -3.80. The van der Waals surface area contributed by atoms with E-state index >= 15 is 0 Å². The molecule has 2 aromatic rings. The zero-order valence-electron chi connectivity index (χ0n) is 13.9. The summed E-state index contributed by atoms with van der Waals surface area (Å²) in [4.78, 5) is 12.2. The third kappa shape index (κ3) is 4.28. The topological polar surface area (TPSA) is 115 Å². The van der Waals surface area contributed by atoms with E-state index in [1.807, 2.05) is 0 Å². The number of nitrogens with zero attached hydrogens (tertiary/aromatic N) is 2. The normalized spacial score (nSPS) is 17.1. The molecular formula is C16H19N3O6S. The van der Waals surface area contributed by atoms with Gasteiger partial charge < -0.3 is 9.15 Å². The maximum atomic E-state index is 12.5. The second kappa shape index (κ2) is 7.96. The number of ether oxygens (including phenoxy) is 1. The van der Waals surface area contributed by atoms with Gasteiger partial charge in [-0.2, -0.15) is 0 Å². The highest BCUT2D eigenvalue weighted by Gasteiger charge is 2.27. The minimum Gasteiger partial charge on any atom is -0.468 e. The van der Waals surface area contributed by atoms with Crippen LogP contribution in [-0.2, 0) is 14.8 Å². The minimum absolute atomic E-state index is 0.0247. The molecule has 0 bridgehead atoms. The molecule has 1 aliphatic rings. The van der Waals surface area contributed by atoms with E-state index in [-0.39, 0.29) is 23.2 Å². The standard InChI is InChI=1S/C16H19N3O6S/c20-19(21)13-3-5-14(6-4-13)26(22,23)17-12-15(16-2-1-9-25-16)18-7-10-24-11-8-18/h1-6,9,15,17H,7-8,10-12H2. The summed E-state index contributed by atoms with van der Waals surface area (Å²) in [6.07, 6.45) is 1.55. The first-order valence-electron chi connectivity index (χ1n) is 8.07. The summed E-state index contributed by atoms with van der Waals surface area (Å²) in [6.45, 7) is 2.61. The van der Waals surface area contributed by atoms with Crippen LogP contribution in [0.1, 0.15) is 11.8 Å². The van der Waals surface area contributed by atoms with Crippen LogP contribution in [0.15, 0.2) is 52.0 Å². The summed E-state index contributed by atoms with van der Waals surface area (Å²) >= 11 is 0. The molecule has 26 heavy (non-hydrogen) atoms. The molecule has 0 amide bonds. The molecule has 1 aromatic heterocycles. The molecule has 0 aliphatic carbocycles. The Labute approximate surface area is 150 Å². The first-order chi connectivity index (χ1) is 12.5. The van der Waals surface area contributed by atoms with Crippen LogP contribution in [0.2, 0.25) is 0 Å². The van der Waals surface area contributed by atoms with Crippen molar-refractivity contribution < 1.29 is 22.5 Å². The molecule has 1 saturated heterocycles. The highest BCUT2D eigenvalue weighted by molar-refractivity contribution is 7.89. The van der Waals surface area contributed by atoms with Crippen molar-refractivity contribution >= 4 is 15.7 Å². The number of hydrogen-bond acceptors (Lipinski definition) is 7. The van der Waals surface area contributed by atoms with E-state index in [2.05, 4.69) is 9.62 Å². The van der Waals surface area contributed by atoms with Gasteiger partial charge in [0.15, 0.2) is 0 Å². The molecule has 1 aliphatic heterocycles. The summed E-state index contributed by atoms with van der Waals surface area (Å²) in [6, 6.07) is 8.07. The Morgan fingerprint density at radius 2 is 1.88 bits per heavy atom. The molecule has 9 nitrogen and oxygen atoms in total. The van der Waals surface area contributed by atoms with Crippen LogP contribution >= 0.6 is 0 Å². The van der Waals surface area contributed by atoms with E-state index in [1.165, 1.54) is 24.3 Å². The van der Waals surface area contributed by atoms with Gasteiger partial charge in [0.05, 0.1) is 35.3 Å². The van der Waals surface area contributed by atoms with Crippen LogP contribution < -0.4 is 4.72 Å². The monoisotopic (exact) mass is 381 g/mol. The van der Waals surface area contributed by atoms with Crippen molar-refractivity contribution in [1.82, 2.24) is 9.62 Å². The summed E-state index contributed by atoms with van der Waals surface area (Å²) in [5.74, 6) is 0.665. The van der Waals surface area contributed by atoms with E-state index < -0.39 is 14.9 Å². The van der Waals surface area contributed by atoms with Gasteiger partial charge in [-0.15, -0.1) is 0 Å². The van der Waals surface area contributed by atoms with Gasteiger partial charge in [-0.05, 0) is 24.3 Å². The van der Waals surface area contributed by atoms with Crippen molar-refractivity contribution in [3.63, 3.8) is 0 Å². The molecule has 3 rings (SSSR count). The summed E-state index contributed by atoms with van der Waals surface area (Å²) in [5, 5.41) is 10.7. The van der Waals surface area contributed by atoms with Crippen LogP contribution in [-0.4, -0.2) is 51.1 Å². The number of non-ortho nitro benzene ring substituents is 1. The lowest BCUT2D eigenvalue weighted by atomic mass is 10.2. The molecular weight excluding hydrogens is 362 g/mol. The number of benzene rings is 1. The molecule has 1 atom stereocenters. The van der Waals surface area contributed by atoms with Gasteiger partial charge in [0.1, 0.15) is 5.76 Å². The number of sulfonamides is 1. The van der Waals surface area contributed by atoms with Crippen molar-refractivity contribution in [3.05, 3.63) is 58.5 Å². The molecule has 1 aromatic carbocycles. The fraction of sp³-hybridized carbons (Fsp3) is 0.375. The van der Waals surface area contributed by atoms with Crippen LogP contribution in [0.3, 0.4) is 0 Å². The molecule has 10 heteroatoms. The number of rotatable bonds is 7. The highest BCUT2D eigenvalue weighted by atomic mass is 32.2. The van der Waals surface area contributed by atoms with Gasteiger partial charge in [0.2, 0.25) is 10.0 Å². The van der Waals surface area contributed by atoms with Crippen LogP contribution in [0.25, 0.3) is 0 Å². The molecule has 1 fully saturated rings. The van der Waals surface area contributed by atoms with E-state index in [9.17, 15) is 18.5 Å². The quantitative estimate of drug-likeness (QED) is 0.571. The van der Waals surface area contributed by atoms with Crippen molar-refractivity contribution in [2.75, 3.05) is 32.8 Å². The Bertz CT molecular complexity index is 829. The van der Waals surface area contributed by atoms with Gasteiger partial charge in [0, 0.05) is 31.8 Å². The molecule has 0 saturated carbocycles. The predicted molar refractivity (Wildman–Crippen MR) is 92.1 cm³/mol. The number of morpholine rings is 1. The third-order valence-electron chi connectivity index (χ3n) is 4.18. The lowest BCUT2D eigenvalue weighted by Gasteiger charge is -2.33. The maximum Gasteiger partial charge on any atom is 0.269 e. The zero-order chi connectivity index (χ0) is 18.6. The van der Waals surface area contributed by atoms with Crippen molar-refractivity contribution in [2.45, 2.75) is 10.9 Å². The Balaban J connectivity index is 1.73. The van der Waals surface area contributed by atoms with Crippen molar-refractivity contribution in [2.24, 2.45) is 0 Å². The number of nitrogens with one attached hydrogen (secondary N) is 1. The third-order valence-corrected chi connectivity index (χ3v) is 5.62. The first-order valence-corrected chi connectivity index (χ1v) is 9.55. The summed E-state index contributed by atoms with van der Waals surface area (Å²) in [7, 11) is -3.80. The average molecular weight is 381 g/mol. The van der Waals surface area contributed by atoms with Crippen molar-refractivity contribution in [3.8, 4) is 0 Å². The fourth-order valence-electron chi connectivity index (χ4n) is 2.80. The number of hydrogen-bond donors (Lipinski definition) is 1. The van der Waals surface area contributed by atoms with E-state index in [4.69, 9.17) is 9.15 Å². The van der Waals surface area contributed by atoms with Gasteiger partial charge >= 0.3 is 0 Å². The first kappa shape index (κ1) is 18.5. The van der Waals surface area contributed by atoms with Gasteiger partial charge in [0.25, 0.3) is 5.69 Å². The Kier molecular flexibility index (Phi) is 5.67. The van der Waals surface area contributed by atoms with Crippen LogP contribution in [0.4, 0.5) is 5.69 Å². The average Bonchev–Trinajstić information content (AvgIpc) is 3.17. The molecule has 2 heterocycles. The lowest BCUT2D eigenvalue weighted by Crippen LogP contribution is -2.43. The lowest BCUT2D eigenvalue weighted by molar-refractivity contribution is -0.384.